The Morgan fingerprint density at radius 1 is 1.19 bits per heavy atom. The molecule has 5 nitrogen and oxygen atoms in total. The van der Waals surface area contributed by atoms with Gasteiger partial charge in [-0.15, -0.1) is 0 Å². The summed E-state index contributed by atoms with van der Waals surface area (Å²) >= 11 is 0. The predicted molar refractivity (Wildman–Crippen MR) is 90.4 cm³/mol. The van der Waals surface area contributed by atoms with E-state index in [4.69, 9.17) is 0 Å². The molecule has 9 heteroatoms. The molecule has 0 radical (unpaired) electrons. The Morgan fingerprint density at radius 3 is 2.54 bits per heavy atom. The second-order valence-electron chi connectivity index (χ2n) is 6.68. The SMILES string of the molecule is Cc1ccc(-n2cc(S(=O)(=O)NC3CCCC(C(F)(F)F)C3)cn2)cc1. The number of benzene rings is 1. The first kappa shape index (κ1) is 18.9. The molecule has 0 saturated heterocycles. The van der Waals surface area contributed by atoms with E-state index in [2.05, 4.69) is 9.82 Å². The minimum Gasteiger partial charge on any atom is -0.240 e. The number of aryl methyl sites for hydroxylation is 1. The van der Waals surface area contributed by atoms with Gasteiger partial charge in [0.15, 0.2) is 0 Å². The number of nitrogens with one attached hydrogen (secondary N) is 1. The fourth-order valence-corrected chi connectivity index (χ4v) is 4.38. The Hall–Kier alpha value is -1.87. The number of alkyl halides is 3. The summed E-state index contributed by atoms with van der Waals surface area (Å²) in [5.41, 5.74) is 1.76. The third-order valence-corrected chi connectivity index (χ3v) is 6.10. The van der Waals surface area contributed by atoms with E-state index in [1.165, 1.54) is 17.1 Å². The molecule has 1 aliphatic rings. The molecule has 1 aromatic carbocycles. The maximum Gasteiger partial charge on any atom is 0.391 e. The highest BCUT2D eigenvalue weighted by Crippen LogP contribution is 2.37. The zero-order chi connectivity index (χ0) is 18.9. The summed E-state index contributed by atoms with van der Waals surface area (Å²) in [6, 6.07) is 6.65. The average Bonchev–Trinajstić information content (AvgIpc) is 3.05. The number of rotatable bonds is 4. The van der Waals surface area contributed by atoms with Crippen LogP contribution in [0.1, 0.15) is 31.2 Å². The maximum absolute atomic E-state index is 12.9. The summed E-state index contributed by atoms with van der Waals surface area (Å²) in [5, 5.41) is 4.05. The van der Waals surface area contributed by atoms with Gasteiger partial charge in [0.25, 0.3) is 0 Å². The Morgan fingerprint density at radius 2 is 1.88 bits per heavy atom. The lowest BCUT2D eigenvalue weighted by Gasteiger charge is -2.30. The number of sulfonamides is 1. The van der Waals surface area contributed by atoms with Crippen molar-refractivity contribution in [2.45, 2.75) is 49.7 Å². The second kappa shape index (κ2) is 7.03. The lowest BCUT2D eigenvalue weighted by atomic mass is 9.86. The minimum absolute atomic E-state index is 0.0487. The van der Waals surface area contributed by atoms with E-state index in [1.54, 1.807) is 12.1 Å². The van der Waals surface area contributed by atoms with Crippen molar-refractivity contribution in [3.63, 3.8) is 0 Å². The lowest BCUT2D eigenvalue weighted by molar-refractivity contribution is -0.183. The first-order valence-electron chi connectivity index (χ1n) is 8.36. The van der Waals surface area contributed by atoms with E-state index in [1.807, 2.05) is 19.1 Å². The van der Waals surface area contributed by atoms with Gasteiger partial charge < -0.3 is 0 Å². The number of aromatic nitrogens is 2. The molecule has 1 N–H and O–H groups in total. The van der Waals surface area contributed by atoms with Crippen LogP contribution < -0.4 is 4.72 Å². The van der Waals surface area contributed by atoms with Crippen LogP contribution in [0.3, 0.4) is 0 Å². The first-order chi connectivity index (χ1) is 12.1. The molecule has 142 valence electrons. The van der Waals surface area contributed by atoms with Crippen molar-refractivity contribution < 1.29 is 21.6 Å². The molecule has 2 aromatic rings. The highest BCUT2D eigenvalue weighted by Gasteiger charge is 2.42. The molecular formula is C17H20F3N3O2S. The summed E-state index contributed by atoms with van der Waals surface area (Å²) in [5.74, 6) is -1.46. The zero-order valence-electron chi connectivity index (χ0n) is 14.2. The van der Waals surface area contributed by atoms with E-state index in [-0.39, 0.29) is 17.7 Å². The topological polar surface area (TPSA) is 64.0 Å². The number of nitrogens with zero attached hydrogens (tertiary/aromatic N) is 2. The number of hydrogen-bond acceptors (Lipinski definition) is 3. The zero-order valence-corrected chi connectivity index (χ0v) is 15.0. The molecule has 26 heavy (non-hydrogen) atoms. The molecule has 1 aliphatic carbocycles. The molecule has 2 atom stereocenters. The fraction of sp³-hybridized carbons (Fsp3) is 0.471. The maximum atomic E-state index is 12.9. The van der Waals surface area contributed by atoms with Gasteiger partial charge in [0.2, 0.25) is 10.0 Å². The summed E-state index contributed by atoms with van der Waals surface area (Å²) in [6.45, 7) is 1.94. The molecule has 1 saturated carbocycles. The van der Waals surface area contributed by atoms with Crippen LogP contribution in [0.25, 0.3) is 5.69 Å². The molecule has 0 aliphatic heterocycles. The van der Waals surface area contributed by atoms with Crippen molar-refractivity contribution in [1.29, 1.82) is 0 Å². The molecular weight excluding hydrogens is 367 g/mol. The van der Waals surface area contributed by atoms with Gasteiger partial charge in [-0.3, -0.25) is 0 Å². The van der Waals surface area contributed by atoms with Gasteiger partial charge in [0.05, 0.1) is 24.0 Å². The van der Waals surface area contributed by atoms with Crippen molar-refractivity contribution in [2.75, 3.05) is 0 Å². The summed E-state index contributed by atoms with van der Waals surface area (Å²) < 4.78 is 67.5. The standard InChI is InChI=1S/C17H20F3N3O2S/c1-12-5-7-15(8-6-12)23-11-16(10-21-23)26(24,25)22-14-4-2-3-13(9-14)17(18,19)20/h5-8,10-11,13-14,22H,2-4,9H2,1H3. The van der Waals surface area contributed by atoms with Crippen molar-refractivity contribution in [3.8, 4) is 5.69 Å². The van der Waals surface area contributed by atoms with E-state index in [0.29, 0.717) is 18.5 Å². The quantitative estimate of drug-likeness (QED) is 0.872. The van der Waals surface area contributed by atoms with Gasteiger partial charge in [0, 0.05) is 6.04 Å². The lowest BCUT2D eigenvalue weighted by Crippen LogP contribution is -2.41. The monoisotopic (exact) mass is 387 g/mol. The Labute approximate surface area is 150 Å². The summed E-state index contributed by atoms with van der Waals surface area (Å²) in [7, 11) is -3.92. The molecule has 3 rings (SSSR count). The third-order valence-electron chi connectivity index (χ3n) is 4.63. The number of halogens is 3. The van der Waals surface area contributed by atoms with Crippen molar-refractivity contribution in [3.05, 3.63) is 42.2 Å². The highest BCUT2D eigenvalue weighted by atomic mass is 32.2. The Kier molecular flexibility index (Phi) is 5.12. The van der Waals surface area contributed by atoms with Crippen LogP contribution in [-0.2, 0) is 10.0 Å². The predicted octanol–water partition coefficient (Wildman–Crippen LogP) is 3.58. The van der Waals surface area contributed by atoms with E-state index >= 15 is 0 Å². The molecule has 1 fully saturated rings. The highest BCUT2D eigenvalue weighted by molar-refractivity contribution is 7.89. The van der Waals surface area contributed by atoms with Gasteiger partial charge >= 0.3 is 6.18 Å². The van der Waals surface area contributed by atoms with Crippen LogP contribution in [0.4, 0.5) is 13.2 Å². The average molecular weight is 387 g/mol. The van der Waals surface area contributed by atoms with Crippen molar-refractivity contribution in [1.82, 2.24) is 14.5 Å². The fourth-order valence-electron chi connectivity index (χ4n) is 3.17. The van der Waals surface area contributed by atoms with Crippen LogP contribution in [0.2, 0.25) is 0 Å². The van der Waals surface area contributed by atoms with Crippen molar-refractivity contribution >= 4 is 10.0 Å². The van der Waals surface area contributed by atoms with E-state index < -0.39 is 28.2 Å². The van der Waals surface area contributed by atoms with Gasteiger partial charge in [0.1, 0.15) is 4.90 Å². The van der Waals surface area contributed by atoms with Crippen LogP contribution in [-0.4, -0.2) is 30.4 Å². The number of hydrogen-bond donors (Lipinski definition) is 1. The molecule has 2 unspecified atom stereocenters. The van der Waals surface area contributed by atoms with Gasteiger partial charge in [-0.25, -0.2) is 17.8 Å². The van der Waals surface area contributed by atoms with Gasteiger partial charge in [-0.2, -0.15) is 18.3 Å². The second-order valence-corrected chi connectivity index (χ2v) is 8.39. The van der Waals surface area contributed by atoms with E-state index in [9.17, 15) is 21.6 Å². The minimum atomic E-state index is -4.29. The summed E-state index contributed by atoms with van der Waals surface area (Å²) in [6.07, 6.45) is -1.16. The van der Waals surface area contributed by atoms with Crippen LogP contribution >= 0.6 is 0 Å². The van der Waals surface area contributed by atoms with Crippen molar-refractivity contribution in [2.24, 2.45) is 5.92 Å². The molecule has 0 spiro atoms. The normalized spacial score (nSPS) is 21.7. The third kappa shape index (κ3) is 4.27. The van der Waals surface area contributed by atoms with Crippen LogP contribution in [0.15, 0.2) is 41.6 Å². The molecule has 0 bridgehead atoms. The smallest absolute Gasteiger partial charge is 0.240 e. The van der Waals surface area contributed by atoms with Gasteiger partial charge in [-0.1, -0.05) is 24.1 Å². The Bertz CT molecular complexity index is 860. The molecule has 1 heterocycles. The Balaban J connectivity index is 1.73. The molecule has 1 aromatic heterocycles. The van der Waals surface area contributed by atoms with Crippen LogP contribution in [0, 0.1) is 12.8 Å². The first-order valence-corrected chi connectivity index (χ1v) is 9.84. The van der Waals surface area contributed by atoms with Crippen LogP contribution in [0.5, 0.6) is 0 Å². The van der Waals surface area contributed by atoms with Gasteiger partial charge in [-0.05, 0) is 38.3 Å². The largest absolute Gasteiger partial charge is 0.391 e. The summed E-state index contributed by atoms with van der Waals surface area (Å²) in [4.78, 5) is -0.0628. The van der Waals surface area contributed by atoms with E-state index in [0.717, 1.165) is 5.56 Å². The molecule has 0 amide bonds.